The molecule has 3 aliphatic rings. The number of carbonyl (C=O) groups is 2. The van der Waals surface area contributed by atoms with Crippen molar-refractivity contribution in [2.75, 3.05) is 19.0 Å². The van der Waals surface area contributed by atoms with Gasteiger partial charge in [0.05, 0.1) is 13.2 Å². The zero-order valence-corrected chi connectivity index (χ0v) is 25.4. The van der Waals surface area contributed by atoms with Gasteiger partial charge in [0.25, 0.3) is 8.53 Å². The molecule has 0 aliphatic carbocycles. The molecule has 0 radical (unpaired) electrons. The van der Waals surface area contributed by atoms with Gasteiger partial charge in [0.2, 0.25) is 5.91 Å². The van der Waals surface area contributed by atoms with E-state index in [4.69, 9.17) is 29.0 Å². The van der Waals surface area contributed by atoms with Gasteiger partial charge >= 0.3 is 0 Å². The van der Waals surface area contributed by atoms with E-state index < -0.39 is 44.1 Å². The highest BCUT2D eigenvalue weighted by molar-refractivity contribution is 8.13. The van der Waals surface area contributed by atoms with E-state index in [2.05, 4.69) is 5.09 Å². The van der Waals surface area contributed by atoms with Crippen LogP contribution in [-0.4, -0.2) is 65.2 Å². The summed E-state index contributed by atoms with van der Waals surface area (Å²) in [6, 6.07) is 9.99. The summed E-state index contributed by atoms with van der Waals surface area (Å²) < 4.78 is 31.1. The van der Waals surface area contributed by atoms with Gasteiger partial charge in [-0.2, -0.15) is 0 Å². The first-order chi connectivity index (χ1) is 18.9. The number of allylic oxidation sites excluding steroid dienone is 1. The lowest BCUT2D eigenvalue weighted by atomic mass is 10.00. The molecule has 5 unspecified atom stereocenters. The molecule has 2 saturated heterocycles. The molecule has 1 aromatic rings. The molecular formula is C28H40N3O7PS. The van der Waals surface area contributed by atoms with E-state index in [1.165, 1.54) is 11.8 Å². The lowest BCUT2D eigenvalue weighted by Crippen LogP contribution is -2.40. The van der Waals surface area contributed by atoms with Crippen molar-refractivity contribution in [2.24, 2.45) is 11.1 Å². The van der Waals surface area contributed by atoms with Crippen LogP contribution in [0.4, 0.5) is 0 Å². The SMILES string of the molecule is CC1(C)OC2C(COP(NCc3ccccc3)OCCSC(=O)C(C)(C)C)OC(N3C=CCC(C(N)=O)=C3)C2O1. The monoisotopic (exact) mass is 593 g/mol. The van der Waals surface area contributed by atoms with Crippen LogP contribution in [-0.2, 0) is 39.4 Å². The predicted octanol–water partition coefficient (Wildman–Crippen LogP) is 4.18. The molecule has 220 valence electrons. The Labute approximate surface area is 241 Å². The van der Waals surface area contributed by atoms with Crippen LogP contribution < -0.4 is 10.8 Å². The summed E-state index contributed by atoms with van der Waals surface area (Å²) in [5.41, 5.74) is 6.70. The fourth-order valence-electron chi connectivity index (χ4n) is 4.43. The first-order valence-corrected chi connectivity index (χ1v) is 15.6. The first-order valence-electron chi connectivity index (χ1n) is 13.4. The van der Waals surface area contributed by atoms with Gasteiger partial charge in [-0.1, -0.05) is 68.9 Å². The number of nitrogens with two attached hydrogens (primary N) is 1. The largest absolute Gasteiger partial charge is 0.366 e. The molecule has 1 amide bonds. The second-order valence-corrected chi connectivity index (χ2v) is 13.7. The molecule has 0 aromatic heterocycles. The number of nitrogens with zero attached hydrogens (tertiary/aromatic N) is 1. The smallest absolute Gasteiger partial charge is 0.256 e. The van der Waals surface area contributed by atoms with Gasteiger partial charge in [0.1, 0.15) is 18.3 Å². The second-order valence-electron chi connectivity index (χ2n) is 11.3. The summed E-state index contributed by atoms with van der Waals surface area (Å²) in [6.45, 7) is 10.6. The van der Waals surface area contributed by atoms with Crippen molar-refractivity contribution in [1.29, 1.82) is 0 Å². The van der Waals surface area contributed by atoms with E-state index in [9.17, 15) is 9.59 Å². The minimum absolute atomic E-state index is 0.122. The molecule has 4 rings (SSSR count). The number of rotatable bonds is 12. The van der Waals surface area contributed by atoms with E-state index in [-0.39, 0.29) is 17.8 Å². The standard InChI is InChI=1S/C28H40N3O7PS/c1-27(2,3)26(33)40-15-14-34-39(30-16-19-10-7-6-8-11-19)35-18-21-22-23(38-28(4,5)37-22)25(36-21)31-13-9-12-20(17-31)24(29)32/h6-11,13,17,21-23,25,30H,12,14-16,18H2,1-5H3,(H2,29,32). The number of ether oxygens (including phenoxy) is 3. The maximum atomic E-state index is 12.3. The van der Waals surface area contributed by atoms with E-state index in [1.807, 2.05) is 82.1 Å². The molecular weight excluding hydrogens is 553 g/mol. The number of hydrogen-bond donors (Lipinski definition) is 2. The van der Waals surface area contributed by atoms with Crippen LogP contribution >= 0.6 is 20.3 Å². The maximum Gasteiger partial charge on any atom is 0.256 e. The Bertz CT molecular complexity index is 1100. The van der Waals surface area contributed by atoms with Crippen molar-refractivity contribution < 1.29 is 32.8 Å². The highest BCUT2D eigenvalue weighted by atomic mass is 32.2. The van der Waals surface area contributed by atoms with E-state index >= 15 is 0 Å². The van der Waals surface area contributed by atoms with Crippen LogP contribution in [0.25, 0.3) is 0 Å². The number of hydrogen-bond acceptors (Lipinski definition) is 10. The fourth-order valence-corrected chi connectivity index (χ4v) is 6.44. The molecule has 10 nitrogen and oxygen atoms in total. The van der Waals surface area contributed by atoms with Gasteiger partial charge in [-0.3, -0.25) is 9.59 Å². The summed E-state index contributed by atoms with van der Waals surface area (Å²) in [6.07, 6.45) is 4.16. The second kappa shape index (κ2) is 13.4. The molecule has 0 saturated carbocycles. The third-order valence-electron chi connectivity index (χ3n) is 6.40. The van der Waals surface area contributed by atoms with Gasteiger partial charge in [-0.25, -0.2) is 5.09 Å². The van der Waals surface area contributed by atoms with E-state index in [1.54, 1.807) is 6.20 Å². The number of primary amides is 1. The molecule has 5 atom stereocenters. The molecule has 1 aromatic carbocycles. The van der Waals surface area contributed by atoms with Crippen molar-refractivity contribution in [2.45, 2.75) is 77.9 Å². The molecule has 0 spiro atoms. The summed E-state index contributed by atoms with van der Waals surface area (Å²) in [4.78, 5) is 25.9. The van der Waals surface area contributed by atoms with Crippen molar-refractivity contribution in [3.8, 4) is 0 Å². The fraction of sp³-hybridized carbons (Fsp3) is 0.571. The summed E-state index contributed by atoms with van der Waals surface area (Å²) in [5.74, 6) is -0.740. The van der Waals surface area contributed by atoms with Gasteiger partial charge < -0.3 is 33.9 Å². The lowest BCUT2D eigenvalue weighted by Gasteiger charge is -2.31. The Morgan fingerprint density at radius 3 is 2.60 bits per heavy atom. The number of carbonyl (C=O) groups excluding carboxylic acids is 2. The topological polar surface area (TPSA) is 122 Å². The quantitative estimate of drug-likeness (QED) is 0.270. The lowest BCUT2D eigenvalue weighted by molar-refractivity contribution is -0.201. The highest BCUT2D eigenvalue weighted by Crippen LogP contribution is 2.43. The van der Waals surface area contributed by atoms with Crippen LogP contribution in [0.2, 0.25) is 0 Å². The predicted molar refractivity (Wildman–Crippen MR) is 154 cm³/mol. The Kier molecular flexibility index (Phi) is 10.5. The molecule has 3 aliphatic heterocycles. The van der Waals surface area contributed by atoms with Crippen LogP contribution in [0, 0.1) is 5.41 Å². The normalized spacial score (nSPS) is 26.4. The number of thioether (sulfide) groups is 1. The zero-order valence-electron chi connectivity index (χ0n) is 23.7. The van der Waals surface area contributed by atoms with Crippen LogP contribution in [0.15, 0.2) is 54.4 Å². The Morgan fingerprint density at radius 2 is 1.90 bits per heavy atom. The molecule has 3 heterocycles. The van der Waals surface area contributed by atoms with Crippen molar-refractivity contribution in [3.63, 3.8) is 0 Å². The van der Waals surface area contributed by atoms with Crippen molar-refractivity contribution in [1.82, 2.24) is 9.99 Å². The van der Waals surface area contributed by atoms with Gasteiger partial charge in [0, 0.05) is 35.7 Å². The van der Waals surface area contributed by atoms with Gasteiger partial charge in [-0.05, 0) is 25.8 Å². The van der Waals surface area contributed by atoms with Gasteiger partial charge in [0.15, 0.2) is 17.1 Å². The Morgan fingerprint density at radius 1 is 1.18 bits per heavy atom. The first kappa shape index (κ1) is 31.1. The third-order valence-corrected chi connectivity index (χ3v) is 8.87. The maximum absolute atomic E-state index is 12.3. The zero-order chi connectivity index (χ0) is 28.9. The van der Waals surface area contributed by atoms with Crippen LogP contribution in [0.3, 0.4) is 0 Å². The molecule has 0 bridgehead atoms. The van der Waals surface area contributed by atoms with Crippen molar-refractivity contribution in [3.05, 3.63) is 59.9 Å². The molecule has 40 heavy (non-hydrogen) atoms. The Hall–Kier alpha value is -1.82. The highest BCUT2D eigenvalue weighted by Gasteiger charge is 2.56. The van der Waals surface area contributed by atoms with Crippen LogP contribution in [0.1, 0.15) is 46.6 Å². The summed E-state index contributed by atoms with van der Waals surface area (Å²) in [5, 5.41) is 3.48. The Balaban J connectivity index is 1.39. The van der Waals surface area contributed by atoms with E-state index in [0.29, 0.717) is 30.9 Å². The number of fused-ring (bicyclic) bond motifs is 1. The average Bonchev–Trinajstić information content (AvgIpc) is 3.40. The van der Waals surface area contributed by atoms with Crippen LogP contribution in [0.5, 0.6) is 0 Å². The molecule has 3 N–H and O–H groups in total. The third kappa shape index (κ3) is 8.36. The van der Waals surface area contributed by atoms with Crippen molar-refractivity contribution >= 4 is 31.3 Å². The minimum atomic E-state index is -1.50. The minimum Gasteiger partial charge on any atom is -0.366 e. The number of amides is 1. The number of benzene rings is 1. The molecule has 2 fully saturated rings. The summed E-state index contributed by atoms with van der Waals surface area (Å²) >= 11 is 1.27. The molecule has 12 heteroatoms. The number of nitrogens with one attached hydrogen (secondary N) is 1. The van der Waals surface area contributed by atoms with Gasteiger partial charge in [-0.15, -0.1) is 0 Å². The summed E-state index contributed by atoms with van der Waals surface area (Å²) in [7, 11) is -1.50. The average molecular weight is 594 g/mol. The van der Waals surface area contributed by atoms with E-state index in [0.717, 1.165) is 5.56 Å².